The van der Waals surface area contributed by atoms with Crippen LogP contribution in [0.25, 0.3) is 6.08 Å². The third-order valence-corrected chi connectivity index (χ3v) is 4.71. The largest absolute Gasteiger partial charge is 0.493 e. The first-order valence-corrected chi connectivity index (χ1v) is 8.58. The van der Waals surface area contributed by atoms with Gasteiger partial charge in [-0.2, -0.15) is 0 Å². The summed E-state index contributed by atoms with van der Waals surface area (Å²) >= 11 is 1.43. The summed E-state index contributed by atoms with van der Waals surface area (Å²) in [4.78, 5) is 12.1. The molecule has 7 nitrogen and oxygen atoms in total. The molecule has 0 aliphatic heterocycles. The summed E-state index contributed by atoms with van der Waals surface area (Å²) in [5, 5.41) is 12.3. The van der Waals surface area contributed by atoms with Crippen LogP contribution in [-0.2, 0) is 4.79 Å². The third-order valence-electron chi connectivity index (χ3n) is 3.71. The van der Waals surface area contributed by atoms with E-state index < -0.39 is 0 Å². The van der Waals surface area contributed by atoms with Crippen LogP contribution in [0.4, 0.5) is 5.13 Å². The van der Waals surface area contributed by atoms with Crippen molar-refractivity contribution in [3.8, 4) is 17.2 Å². The topological polar surface area (TPSA) is 82.6 Å². The molecular formula is C17H19N3O4S. The quantitative estimate of drug-likeness (QED) is 0.763. The Hall–Kier alpha value is -2.61. The van der Waals surface area contributed by atoms with Crippen molar-refractivity contribution in [1.29, 1.82) is 0 Å². The molecule has 1 amide bonds. The average molecular weight is 361 g/mol. The summed E-state index contributed by atoms with van der Waals surface area (Å²) in [7, 11) is 4.64. The maximum Gasteiger partial charge on any atom is 0.250 e. The van der Waals surface area contributed by atoms with Gasteiger partial charge in [-0.1, -0.05) is 11.3 Å². The van der Waals surface area contributed by atoms with Gasteiger partial charge in [0.2, 0.25) is 16.8 Å². The van der Waals surface area contributed by atoms with Gasteiger partial charge in [0.25, 0.3) is 0 Å². The monoisotopic (exact) mass is 361 g/mol. The first-order chi connectivity index (χ1) is 12.1. The molecule has 1 N–H and O–H groups in total. The van der Waals surface area contributed by atoms with Crippen molar-refractivity contribution in [3.63, 3.8) is 0 Å². The predicted octanol–water partition coefficient (Wildman–Crippen LogP) is 3.09. The Bertz CT molecular complexity index is 774. The van der Waals surface area contributed by atoms with Gasteiger partial charge >= 0.3 is 0 Å². The first kappa shape index (κ1) is 17.2. The fraction of sp³-hybridized carbons (Fsp3) is 0.353. The molecule has 0 saturated heterocycles. The smallest absolute Gasteiger partial charge is 0.250 e. The molecular weight excluding hydrogens is 342 g/mol. The lowest BCUT2D eigenvalue weighted by atomic mass is 10.1. The molecule has 2 aromatic rings. The molecule has 1 heterocycles. The Morgan fingerprint density at radius 3 is 2.40 bits per heavy atom. The van der Waals surface area contributed by atoms with Crippen LogP contribution in [0.5, 0.6) is 17.2 Å². The lowest BCUT2D eigenvalue weighted by Crippen LogP contribution is -2.07. The summed E-state index contributed by atoms with van der Waals surface area (Å²) in [6.45, 7) is 0. The van der Waals surface area contributed by atoms with Crippen molar-refractivity contribution in [2.24, 2.45) is 0 Å². The molecule has 132 valence electrons. The van der Waals surface area contributed by atoms with E-state index in [1.54, 1.807) is 39.5 Å². The van der Waals surface area contributed by atoms with E-state index in [4.69, 9.17) is 14.2 Å². The summed E-state index contributed by atoms with van der Waals surface area (Å²) < 4.78 is 15.9. The number of nitrogens with one attached hydrogen (secondary N) is 1. The van der Waals surface area contributed by atoms with Gasteiger partial charge in [-0.25, -0.2) is 0 Å². The zero-order valence-electron chi connectivity index (χ0n) is 14.2. The van der Waals surface area contributed by atoms with Crippen molar-refractivity contribution in [1.82, 2.24) is 10.2 Å². The van der Waals surface area contributed by atoms with Gasteiger partial charge in [0, 0.05) is 12.0 Å². The number of amides is 1. The van der Waals surface area contributed by atoms with Gasteiger partial charge in [-0.3, -0.25) is 10.1 Å². The predicted molar refractivity (Wildman–Crippen MR) is 95.6 cm³/mol. The van der Waals surface area contributed by atoms with Gasteiger partial charge in [-0.15, -0.1) is 10.2 Å². The first-order valence-electron chi connectivity index (χ1n) is 7.77. The van der Waals surface area contributed by atoms with E-state index in [1.807, 2.05) is 0 Å². The molecule has 25 heavy (non-hydrogen) atoms. The number of hydrogen-bond donors (Lipinski definition) is 1. The zero-order chi connectivity index (χ0) is 17.8. The maximum absolute atomic E-state index is 12.1. The van der Waals surface area contributed by atoms with E-state index >= 15 is 0 Å². The molecule has 1 aliphatic carbocycles. The van der Waals surface area contributed by atoms with E-state index in [0.29, 0.717) is 28.3 Å². The molecule has 1 aromatic carbocycles. The second-order valence-corrected chi connectivity index (χ2v) is 6.51. The van der Waals surface area contributed by atoms with Gasteiger partial charge in [0.1, 0.15) is 5.01 Å². The number of rotatable bonds is 7. The molecule has 8 heteroatoms. The number of aromatic nitrogens is 2. The minimum atomic E-state index is -0.271. The number of hydrogen-bond acceptors (Lipinski definition) is 7. The summed E-state index contributed by atoms with van der Waals surface area (Å²) in [5.74, 6) is 1.82. The average Bonchev–Trinajstić information content (AvgIpc) is 3.38. The van der Waals surface area contributed by atoms with Crippen molar-refractivity contribution < 1.29 is 19.0 Å². The number of ether oxygens (including phenoxy) is 3. The molecule has 1 aliphatic rings. The standard InChI is InChI=1S/C17H19N3O4S/c1-22-12-8-10(9-13(23-2)15(12)24-3)4-7-14(21)18-17-20-19-16(25-17)11-5-6-11/h4,7-9,11H,5-6H2,1-3H3,(H,18,20,21)/b7-4+. The summed E-state index contributed by atoms with van der Waals surface area (Å²) in [6.07, 6.45) is 5.41. The van der Waals surface area contributed by atoms with Crippen LogP contribution in [0.1, 0.15) is 29.3 Å². The van der Waals surface area contributed by atoms with Crippen LogP contribution >= 0.6 is 11.3 Å². The Morgan fingerprint density at radius 2 is 1.84 bits per heavy atom. The second-order valence-electron chi connectivity index (χ2n) is 5.50. The highest BCUT2D eigenvalue weighted by Crippen LogP contribution is 2.42. The number of carbonyl (C=O) groups is 1. The molecule has 1 fully saturated rings. The minimum Gasteiger partial charge on any atom is -0.493 e. The lowest BCUT2D eigenvalue weighted by Gasteiger charge is -2.12. The number of anilines is 1. The Balaban J connectivity index is 1.70. The molecule has 0 atom stereocenters. The number of nitrogens with zero attached hydrogens (tertiary/aromatic N) is 2. The van der Waals surface area contributed by atoms with Crippen LogP contribution in [-0.4, -0.2) is 37.4 Å². The second kappa shape index (κ2) is 7.52. The van der Waals surface area contributed by atoms with Crippen molar-refractivity contribution in [3.05, 3.63) is 28.8 Å². The number of methoxy groups -OCH3 is 3. The fourth-order valence-electron chi connectivity index (χ4n) is 2.30. The normalized spacial score (nSPS) is 13.7. The molecule has 0 spiro atoms. The highest BCUT2D eigenvalue weighted by Gasteiger charge is 2.27. The lowest BCUT2D eigenvalue weighted by molar-refractivity contribution is -0.111. The van der Waals surface area contributed by atoms with E-state index in [1.165, 1.54) is 17.4 Å². The molecule has 1 aromatic heterocycles. The number of carbonyl (C=O) groups excluding carboxylic acids is 1. The molecule has 3 rings (SSSR count). The van der Waals surface area contributed by atoms with Gasteiger partial charge in [0.15, 0.2) is 11.5 Å². The van der Waals surface area contributed by atoms with E-state index in [9.17, 15) is 4.79 Å². The van der Waals surface area contributed by atoms with E-state index in [2.05, 4.69) is 15.5 Å². The summed E-state index contributed by atoms with van der Waals surface area (Å²) in [6, 6.07) is 3.53. The van der Waals surface area contributed by atoms with Crippen molar-refractivity contribution in [2.45, 2.75) is 18.8 Å². The zero-order valence-corrected chi connectivity index (χ0v) is 15.1. The Labute approximate surface area is 149 Å². The fourth-order valence-corrected chi connectivity index (χ4v) is 3.21. The Kier molecular flexibility index (Phi) is 5.18. The van der Waals surface area contributed by atoms with Crippen LogP contribution < -0.4 is 19.5 Å². The molecule has 1 saturated carbocycles. The summed E-state index contributed by atoms with van der Waals surface area (Å²) in [5.41, 5.74) is 0.751. The van der Waals surface area contributed by atoms with Gasteiger partial charge in [-0.05, 0) is 36.6 Å². The number of benzene rings is 1. The highest BCUT2D eigenvalue weighted by molar-refractivity contribution is 7.15. The third kappa shape index (κ3) is 4.08. The molecule has 0 unspecified atom stereocenters. The van der Waals surface area contributed by atoms with Gasteiger partial charge < -0.3 is 14.2 Å². The van der Waals surface area contributed by atoms with Gasteiger partial charge in [0.05, 0.1) is 21.3 Å². The molecule has 0 bridgehead atoms. The van der Waals surface area contributed by atoms with E-state index in [0.717, 1.165) is 23.4 Å². The molecule has 0 radical (unpaired) electrons. The maximum atomic E-state index is 12.1. The van der Waals surface area contributed by atoms with Crippen molar-refractivity contribution in [2.75, 3.05) is 26.6 Å². The SMILES string of the molecule is COc1cc(/C=C/C(=O)Nc2nnc(C3CC3)s2)cc(OC)c1OC. The van der Waals surface area contributed by atoms with Crippen LogP contribution in [0.2, 0.25) is 0 Å². The highest BCUT2D eigenvalue weighted by atomic mass is 32.1. The van der Waals surface area contributed by atoms with Crippen LogP contribution in [0.3, 0.4) is 0 Å². The minimum absolute atomic E-state index is 0.271. The Morgan fingerprint density at radius 1 is 1.16 bits per heavy atom. The van der Waals surface area contributed by atoms with Crippen molar-refractivity contribution >= 4 is 28.5 Å². The van der Waals surface area contributed by atoms with Crippen LogP contribution in [0, 0.1) is 0 Å². The van der Waals surface area contributed by atoms with Crippen LogP contribution in [0.15, 0.2) is 18.2 Å². The van der Waals surface area contributed by atoms with E-state index in [-0.39, 0.29) is 5.91 Å².